The molecule has 0 bridgehead atoms. The van der Waals surface area contributed by atoms with Crippen LogP contribution in [0, 0.1) is 0 Å². The van der Waals surface area contributed by atoms with Gasteiger partial charge in [-0.05, 0) is 38.5 Å². The molecule has 0 saturated heterocycles. The number of anilines is 1. The molecule has 0 aliphatic heterocycles. The van der Waals surface area contributed by atoms with E-state index < -0.39 is 11.7 Å². The highest BCUT2D eigenvalue weighted by molar-refractivity contribution is 5.88. The largest absolute Gasteiger partial charge is 0.497 e. The van der Waals surface area contributed by atoms with Gasteiger partial charge >= 0.3 is 6.09 Å². The monoisotopic (exact) mass is 279 g/mol. The maximum atomic E-state index is 11.8. The van der Waals surface area contributed by atoms with E-state index in [4.69, 9.17) is 14.6 Å². The summed E-state index contributed by atoms with van der Waals surface area (Å²) >= 11 is 0. The molecular weight excluding hydrogens is 258 g/mol. The maximum absolute atomic E-state index is 11.8. The quantitative estimate of drug-likeness (QED) is 0.889. The molecule has 110 valence electrons. The number of hydrogen-bond donors (Lipinski definition) is 2. The molecule has 0 fully saturated rings. The summed E-state index contributed by atoms with van der Waals surface area (Å²) in [6, 6.07) is 5.26. The van der Waals surface area contributed by atoms with Crippen molar-refractivity contribution in [3.63, 3.8) is 0 Å². The molecule has 0 radical (unpaired) electrons. The molecular formula is C15H21NO4. The summed E-state index contributed by atoms with van der Waals surface area (Å²) in [5, 5.41) is 11.5. The molecule has 1 aromatic carbocycles. The number of ether oxygens (including phenoxy) is 2. The summed E-state index contributed by atoms with van der Waals surface area (Å²) in [6.45, 7) is 5.32. The lowest BCUT2D eigenvalue weighted by Gasteiger charge is -2.20. The fourth-order valence-corrected chi connectivity index (χ4v) is 1.51. The van der Waals surface area contributed by atoms with Crippen molar-refractivity contribution in [1.29, 1.82) is 0 Å². The number of aliphatic hydroxyl groups is 1. The summed E-state index contributed by atoms with van der Waals surface area (Å²) in [6.07, 6.45) is 2.76. The molecule has 0 atom stereocenters. The van der Waals surface area contributed by atoms with E-state index in [1.54, 1.807) is 58.2 Å². The average molecular weight is 279 g/mol. The van der Waals surface area contributed by atoms with E-state index in [2.05, 4.69) is 5.32 Å². The third-order valence-electron chi connectivity index (χ3n) is 2.30. The number of amides is 1. The summed E-state index contributed by atoms with van der Waals surface area (Å²) in [4.78, 5) is 11.8. The van der Waals surface area contributed by atoms with Gasteiger partial charge in [-0.15, -0.1) is 0 Å². The first-order valence-electron chi connectivity index (χ1n) is 6.31. The predicted molar refractivity (Wildman–Crippen MR) is 79.0 cm³/mol. The number of aliphatic hydroxyl groups excluding tert-OH is 1. The van der Waals surface area contributed by atoms with Crippen molar-refractivity contribution >= 4 is 17.9 Å². The van der Waals surface area contributed by atoms with Crippen LogP contribution in [0.15, 0.2) is 24.3 Å². The standard InChI is InChI=1S/C15H21NO4/c1-15(2,3)20-14(18)16-13-10-12(19-4)8-7-11(13)6-5-9-17/h5-8,10,17H,9H2,1-4H3,(H,16,18)/b6-5+. The normalized spacial score (nSPS) is 11.4. The molecule has 1 rings (SSSR count). The van der Waals surface area contributed by atoms with Gasteiger partial charge in [-0.1, -0.05) is 12.2 Å². The van der Waals surface area contributed by atoms with Gasteiger partial charge < -0.3 is 14.6 Å². The number of methoxy groups -OCH3 is 1. The molecule has 0 aliphatic carbocycles. The van der Waals surface area contributed by atoms with Crippen molar-refractivity contribution in [2.45, 2.75) is 26.4 Å². The van der Waals surface area contributed by atoms with Crippen LogP contribution in [-0.4, -0.2) is 30.5 Å². The van der Waals surface area contributed by atoms with Gasteiger partial charge in [0.2, 0.25) is 0 Å². The number of hydrogen-bond acceptors (Lipinski definition) is 4. The Bertz CT molecular complexity index is 489. The molecule has 0 aromatic heterocycles. The minimum absolute atomic E-state index is 0.0715. The molecule has 0 spiro atoms. The molecule has 2 N–H and O–H groups in total. The molecule has 1 amide bonds. The zero-order valence-corrected chi connectivity index (χ0v) is 12.3. The molecule has 0 unspecified atom stereocenters. The van der Waals surface area contributed by atoms with Gasteiger partial charge in [-0.25, -0.2) is 4.79 Å². The first kappa shape index (κ1) is 16.0. The third kappa shape index (κ3) is 5.32. The summed E-state index contributed by atoms with van der Waals surface area (Å²) in [7, 11) is 1.55. The van der Waals surface area contributed by atoms with Crippen LogP contribution in [0.4, 0.5) is 10.5 Å². The Hall–Kier alpha value is -2.01. The first-order chi connectivity index (χ1) is 9.35. The second-order valence-electron chi connectivity index (χ2n) is 5.17. The van der Waals surface area contributed by atoms with Crippen molar-refractivity contribution in [3.05, 3.63) is 29.8 Å². The number of nitrogens with one attached hydrogen (secondary N) is 1. The lowest BCUT2D eigenvalue weighted by Crippen LogP contribution is -2.27. The Kier molecular flexibility index (Phi) is 5.58. The SMILES string of the molecule is COc1ccc(/C=C/CO)c(NC(=O)OC(C)(C)C)c1. The minimum Gasteiger partial charge on any atom is -0.497 e. The van der Waals surface area contributed by atoms with Gasteiger partial charge in [0.1, 0.15) is 11.4 Å². The van der Waals surface area contributed by atoms with E-state index in [9.17, 15) is 4.79 Å². The third-order valence-corrected chi connectivity index (χ3v) is 2.30. The van der Waals surface area contributed by atoms with Gasteiger partial charge in [0.15, 0.2) is 0 Å². The zero-order chi connectivity index (χ0) is 15.2. The molecule has 1 aromatic rings. The van der Waals surface area contributed by atoms with Crippen molar-refractivity contribution in [1.82, 2.24) is 0 Å². The Morgan fingerprint density at radius 2 is 2.10 bits per heavy atom. The second kappa shape index (κ2) is 6.96. The van der Waals surface area contributed by atoms with E-state index in [0.29, 0.717) is 11.4 Å². The second-order valence-corrected chi connectivity index (χ2v) is 5.17. The van der Waals surface area contributed by atoms with E-state index >= 15 is 0 Å². The van der Waals surface area contributed by atoms with E-state index in [1.165, 1.54) is 0 Å². The fourth-order valence-electron chi connectivity index (χ4n) is 1.51. The van der Waals surface area contributed by atoms with Crippen LogP contribution in [0.25, 0.3) is 6.08 Å². The van der Waals surface area contributed by atoms with E-state index in [0.717, 1.165) is 5.56 Å². The van der Waals surface area contributed by atoms with Gasteiger partial charge in [-0.3, -0.25) is 5.32 Å². The molecule has 0 aliphatic rings. The van der Waals surface area contributed by atoms with Gasteiger partial charge in [0, 0.05) is 6.07 Å². The number of benzene rings is 1. The average Bonchev–Trinajstić information content (AvgIpc) is 2.34. The Morgan fingerprint density at radius 1 is 1.40 bits per heavy atom. The summed E-state index contributed by atoms with van der Waals surface area (Å²) in [5.41, 5.74) is 0.748. The molecule has 20 heavy (non-hydrogen) atoms. The van der Waals surface area contributed by atoms with Crippen LogP contribution in [0.5, 0.6) is 5.75 Å². The highest BCUT2D eigenvalue weighted by Crippen LogP contribution is 2.24. The van der Waals surface area contributed by atoms with E-state index in [1.807, 2.05) is 0 Å². The van der Waals surface area contributed by atoms with Crippen LogP contribution in [0.2, 0.25) is 0 Å². The Labute approximate surface area is 119 Å². The number of rotatable bonds is 4. The topological polar surface area (TPSA) is 67.8 Å². The fraction of sp³-hybridized carbons (Fsp3) is 0.400. The van der Waals surface area contributed by atoms with Crippen molar-refractivity contribution in [3.8, 4) is 5.75 Å². The Morgan fingerprint density at radius 3 is 2.65 bits per heavy atom. The smallest absolute Gasteiger partial charge is 0.412 e. The van der Waals surface area contributed by atoms with Crippen LogP contribution in [0.1, 0.15) is 26.3 Å². The number of carbonyl (C=O) groups excluding carboxylic acids is 1. The van der Waals surface area contributed by atoms with Crippen molar-refractivity contribution in [2.24, 2.45) is 0 Å². The maximum Gasteiger partial charge on any atom is 0.412 e. The molecule has 5 nitrogen and oxygen atoms in total. The minimum atomic E-state index is -0.565. The van der Waals surface area contributed by atoms with Crippen molar-refractivity contribution in [2.75, 3.05) is 19.0 Å². The highest BCUT2D eigenvalue weighted by Gasteiger charge is 2.17. The van der Waals surface area contributed by atoms with Gasteiger partial charge in [-0.2, -0.15) is 0 Å². The molecule has 5 heteroatoms. The number of carbonyl (C=O) groups is 1. The summed E-state index contributed by atoms with van der Waals surface area (Å²) in [5.74, 6) is 0.622. The van der Waals surface area contributed by atoms with Crippen LogP contribution < -0.4 is 10.1 Å². The predicted octanol–water partition coefficient (Wildman–Crippen LogP) is 3.05. The first-order valence-corrected chi connectivity index (χ1v) is 6.31. The highest BCUT2D eigenvalue weighted by atomic mass is 16.6. The zero-order valence-electron chi connectivity index (χ0n) is 12.3. The lowest BCUT2D eigenvalue weighted by molar-refractivity contribution is 0.0636. The van der Waals surface area contributed by atoms with Crippen molar-refractivity contribution < 1.29 is 19.4 Å². The molecule has 0 heterocycles. The van der Waals surface area contributed by atoms with Gasteiger partial charge in [0.25, 0.3) is 0 Å². The van der Waals surface area contributed by atoms with Crippen LogP contribution in [0.3, 0.4) is 0 Å². The van der Waals surface area contributed by atoms with E-state index in [-0.39, 0.29) is 6.61 Å². The lowest BCUT2D eigenvalue weighted by atomic mass is 10.1. The molecule has 0 saturated carbocycles. The van der Waals surface area contributed by atoms with Crippen LogP contribution >= 0.6 is 0 Å². The van der Waals surface area contributed by atoms with Crippen LogP contribution in [-0.2, 0) is 4.74 Å². The van der Waals surface area contributed by atoms with Gasteiger partial charge in [0.05, 0.1) is 19.4 Å². The summed E-state index contributed by atoms with van der Waals surface area (Å²) < 4.78 is 10.3. The Balaban J connectivity index is 2.95.